The van der Waals surface area contributed by atoms with Crippen LogP contribution in [0.4, 0.5) is 23.2 Å². The molecule has 0 aliphatic heterocycles. The molecule has 7 heteroatoms. The highest BCUT2D eigenvalue weighted by Gasteiger charge is 2.35. The zero-order chi connectivity index (χ0) is 11.8. The van der Waals surface area contributed by atoms with E-state index >= 15 is 0 Å². The molecule has 1 rings (SSSR count). The minimum absolute atomic E-state index is 0.199. The highest BCUT2D eigenvalue weighted by atomic mass is 19.4. The van der Waals surface area contributed by atoms with Crippen molar-refractivity contribution < 1.29 is 22.5 Å². The molecule has 0 atom stereocenters. The topological polar surface area (TPSA) is 43.1 Å². The first-order chi connectivity index (χ1) is 6.73. The normalized spacial score (nSPS) is 11.5. The number of nitro benzene ring substituents is 1. The summed E-state index contributed by atoms with van der Waals surface area (Å²) in [7, 11) is 0. The van der Waals surface area contributed by atoms with Gasteiger partial charge in [0.25, 0.3) is 0 Å². The van der Waals surface area contributed by atoms with Gasteiger partial charge in [0.15, 0.2) is 0 Å². The van der Waals surface area contributed by atoms with Crippen LogP contribution in [0.2, 0.25) is 0 Å². The summed E-state index contributed by atoms with van der Waals surface area (Å²) in [5.74, 6) is -1.27. The van der Waals surface area contributed by atoms with Gasteiger partial charge in [-0.25, -0.2) is 0 Å². The Hall–Kier alpha value is -1.66. The third kappa shape index (κ3) is 2.23. The van der Waals surface area contributed by atoms with Crippen LogP contribution in [0.15, 0.2) is 12.1 Å². The van der Waals surface area contributed by atoms with Gasteiger partial charge in [0, 0.05) is 6.07 Å². The van der Waals surface area contributed by atoms with Crippen LogP contribution in [0.1, 0.15) is 11.1 Å². The minimum atomic E-state index is -4.72. The molecule has 0 aliphatic carbocycles. The number of hydrogen-bond acceptors (Lipinski definition) is 2. The monoisotopic (exact) mass is 223 g/mol. The molecule has 15 heavy (non-hydrogen) atoms. The van der Waals surface area contributed by atoms with Gasteiger partial charge in [0.1, 0.15) is 0 Å². The van der Waals surface area contributed by atoms with Crippen molar-refractivity contribution in [3.63, 3.8) is 0 Å². The predicted octanol–water partition coefficient (Wildman–Crippen LogP) is 3.06. The lowest BCUT2D eigenvalue weighted by Gasteiger charge is -2.09. The number of rotatable bonds is 1. The fraction of sp³-hybridized carbons (Fsp3) is 0.250. The van der Waals surface area contributed by atoms with E-state index in [-0.39, 0.29) is 11.6 Å². The zero-order valence-electron chi connectivity index (χ0n) is 7.43. The summed E-state index contributed by atoms with van der Waals surface area (Å²) in [4.78, 5) is 9.02. The Morgan fingerprint density at radius 2 is 1.87 bits per heavy atom. The highest BCUT2D eigenvalue weighted by molar-refractivity contribution is 5.42. The molecule has 0 aliphatic rings. The average molecular weight is 223 g/mol. The van der Waals surface area contributed by atoms with Gasteiger partial charge in [-0.15, -0.1) is 0 Å². The molecule has 0 aromatic heterocycles. The average Bonchev–Trinajstić information content (AvgIpc) is 2.00. The number of alkyl halides is 3. The van der Waals surface area contributed by atoms with E-state index in [0.29, 0.717) is 6.07 Å². The fourth-order valence-corrected chi connectivity index (χ4v) is 1.11. The van der Waals surface area contributed by atoms with E-state index in [9.17, 15) is 27.7 Å². The van der Waals surface area contributed by atoms with Crippen LogP contribution < -0.4 is 0 Å². The zero-order valence-corrected chi connectivity index (χ0v) is 7.43. The van der Waals surface area contributed by atoms with E-state index < -0.39 is 28.2 Å². The number of aryl methyl sites for hydroxylation is 1. The second kappa shape index (κ2) is 3.48. The SMILES string of the molecule is Cc1cc(F)c([N+](=O)[O-])cc1C(F)(F)F. The van der Waals surface area contributed by atoms with Gasteiger partial charge >= 0.3 is 11.9 Å². The maximum absolute atomic E-state index is 12.9. The molecule has 1 aromatic rings. The molecule has 0 fully saturated rings. The van der Waals surface area contributed by atoms with Gasteiger partial charge < -0.3 is 0 Å². The molecule has 0 unspecified atom stereocenters. The van der Waals surface area contributed by atoms with Crippen molar-refractivity contribution in [1.82, 2.24) is 0 Å². The number of hydrogen-bond donors (Lipinski definition) is 0. The van der Waals surface area contributed by atoms with E-state index in [0.717, 1.165) is 6.92 Å². The summed E-state index contributed by atoms with van der Waals surface area (Å²) >= 11 is 0. The van der Waals surface area contributed by atoms with E-state index in [4.69, 9.17) is 0 Å². The number of halogens is 4. The van der Waals surface area contributed by atoms with Crippen LogP contribution in [0.5, 0.6) is 0 Å². The Kier molecular flexibility index (Phi) is 2.65. The molecule has 0 saturated carbocycles. The van der Waals surface area contributed by atoms with Crippen molar-refractivity contribution in [3.8, 4) is 0 Å². The van der Waals surface area contributed by atoms with Crippen LogP contribution in [0.3, 0.4) is 0 Å². The molecular formula is C8H5F4NO2. The standard InChI is InChI=1S/C8H5F4NO2/c1-4-2-6(9)7(13(14)15)3-5(4)8(10,11)12/h2-3H,1H3. The van der Waals surface area contributed by atoms with E-state index in [1.807, 2.05) is 0 Å². The quantitative estimate of drug-likeness (QED) is 0.417. The summed E-state index contributed by atoms with van der Waals surface area (Å²) in [6.45, 7) is 1.04. The van der Waals surface area contributed by atoms with Crippen LogP contribution in [-0.4, -0.2) is 4.92 Å². The second-order valence-electron chi connectivity index (χ2n) is 2.87. The first-order valence-electron chi connectivity index (χ1n) is 3.75. The minimum Gasteiger partial charge on any atom is -0.258 e. The summed E-state index contributed by atoms with van der Waals surface area (Å²) in [6.07, 6.45) is -4.72. The van der Waals surface area contributed by atoms with Crippen molar-refractivity contribution in [1.29, 1.82) is 0 Å². The van der Waals surface area contributed by atoms with Crippen molar-refractivity contribution in [2.24, 2.45) is 0 Å². The third-order valence-corrected chi connectivity index (χ3v) is 1.80. The van der Waals surface area contributed by atoms with Crippen LogP contribution in [0, 0.1) is 22.9 Å². The maximum atomic E-state index is 12.9. The molecule has 0 heterocycles. The summed E-state index contributed by atoms with van der Waals surface area (Å²) in [5, 5.41) is 10.2. The van der Waals surface area contributed by atoms with Gasteiger partial charge in [-0.2, -0.15) is 17.6 Å². The molecule has 3 nitrogen and oxygen atoms in total. The maximum Gasteiger partial charge on any atom is 0.416 e. The Morgan fingerprint density at radius 1 is 1.33 bits per heavy atom. The van der Waals surface area contributed by atoms with Gasteiger partial charge in [0.2, 0.25) is 5.82 Å². The molecule has 0 bridgehead atoms. The Labute approximate surface area is 81.5 Å². The van der Waals surface area contributed by atoms with Gasteiger partial charge in [-0.3, -0.25) is 10.1 Å². The van der Waals surface area contributed by atoms with E-state index in [1.54, 1.807) is 0 Å². The van der Waals surface area contributed by atoms with Crippen LogP contribution in [0.25, 0.3) is 0 Å². The Morgan fingerprint density at radius 3 is 2.27 bits per heavy atom. The molecule has 0 amide bonds. The van der Waals surface area contributed by atoms with Gasteiger partial charge in [-0.1, -0.05) is 0 Å². The van der Waals surface area contributed by atoms with E-state index in [2.05, 4.69) is 0 Å². The summed E-state index contributed by atoms with van der Waals surface area (Å²) < 4.78 is 49.7. The smallest absolute Gasteiger partial charge is 0.258 e. The molecule has 0 radical (unpaired) electrons. The first kappa shape index (κ1) is 11.4. The van der Waals surface area contributed by atoms with Crippen LogP contribution >= 0.6 is 0 Å². The first-order valence-corrected chi connectivity index (χ1v) is 3.75. The van der Waals surface area contributed by atoms with E-state index in [1.165, 1.54) is 0 Å². The summed E-state index contributed by atoms with van der Waals surface area (Å²) in [6, 6.07) is 0.700. The predicted molar refractivity (Wildman–Crippen MR) is 42.8 cm³/mol. The molecule has 1 aromatic carbocycles. The Balaban J connectivity index is 3.43. The van der Waals surface area contributed by atoms with Gasteiger partial charge in [-0.05, 0) is 18.6 Å². The van der Waals surface area contributed by atoms with Crippen molar-refractivity contribution in [3.05, 3.63) is 39.2 Å². The second-order valence-corrected chi connectivity index (χ2v) is 2.87. The number of nitro groups is 1. The third-order valence-electron chi connectivity index (χ3n) is 1.80. The molecular weight excluding hydrogens is 218 g/mol. The van der Waals surface area contributed by atoms with Gasteiger partial charge in [0.05, 0.1) is 10.5 Å². The summed E-state index contributed by atoms with van der Waals surface area (Å²) in [5.41, 5.74) is -2.76. The lowest BCUT2D eigenvalue weighted by molar-refractivity contribution is -0.387. The number of benzene rings is 1. The fourth-order valence-electron chi connectivity index (χ4n) is 1.11. The molecule has 0 N–H and O–H groups in total. The molecule has 0 saturated heterocycles. The molecule has 82 valence electrons. The van der Waals surface area contributed by atoms with Crippen molar-refractivity contribution >= 4 is 5.69 Å². The van der Waals surface area contributed by atoms with Crippen molar-refractivity contribution in [2.75, 3.05) is 0 Å². The Bertz CT molecular complexity index is 414. The van der Waals surface area contributed by atoms with Crippen LogP contribution in [-0.2, 0) is 6.18 Å². The lowest BCUT2D eigenvalue weighted by atomic mass is 10.1. The molecule has 0 spiro atoms. The number of nitrogens with zero attached hydrogens (tertiary/aromatic N) is 1. The lowest BCUT2D eigenvalue weighted by Crippen LogP contribution is -2.09. The van der Waals surface area contributed by atoms with Crippen molar-refractivity contribution in [2.45, 2.75) is 13.1 Å². The largest absolute Gasteiger partial charge is 0.416 e. The highest BCUT2D eigenvalue weighted by Crippen LogP contribution is 2.35.